The van der Waals surface area contributed by atoms with E-state index in [4.69, 9.17) is 9.97 Å². The van der Waals surface area contributed by atoms with E-state index in [2.05, 4.69) is 104 Å². The van der Waals surface area contributed by atoms with Gasteiger partial charge in [0.05, 0.1) is 22.8 Å². The third-order valence-electron chi connectivity index (χ3n) is 6.07. The van der Waals surface area contributed by atoms with Crippen molar-refractivity contribution in [3.63, 3.8) is 0 Å². The second-order valence-electron chi connectivity index (χ2n) is 9.38. The summed E-state index contributed by atoms with van der Waals surface area (Å²) in [6.07, 6.45) is 0. The van der Waals surface area contributed by atoms with Crippen LogP contribution in [0.4, 0.5) is 0 Å². The minimum Gasteiger partial charge on any atom is -0.246 e. The lowest BCUT2D eigenvalue weighted by Crippen LogP contribution is -1.99. The van der Waals surface area contributed by atoms with Gasteiger partial charge in [0.1, 0.15) is 0 Å². The van der Waals surface area contributed by atoms with Crippen LogP contribution in [-0.2, 0) is 0 Å². The van der Waals surface area contributed by atoms with Gasteiger partial charge in [0, 0.05) is 11.1 Å². The largest absolute Gasteiger partial charge is 0.246 e. The van der Waals surface area contributed by atoms with E-state index in [1.165, 1.54) is 55.6 Å². The fraction of sp³-hybridized carbons (Fsp3) is 0.267. The highest BCUT2D eigenvalue weighted by molar-refractivity contribution is 5.74. The Labute approximate surface area is 192 Å². The first-order valence-electron chi connectivity index (χ1n) is 11.3. The average Bonchev–Trinajstić information content (AvgIpc) is 2.65. The lowest BCUT2D eigenvalue weighted by Gasteiger charge is -2.15. The van der Waals surface area contributed by atoms with E-state index in [-0.39, 0.29) is 0 Å². The average molecular weight is 421 g/mol. The zero-order valence-corrected chi connectivity index (χ0v) is 20.5. The molecule has 0 atom stereocenters. The summed E-state index contributed by atoms with van der Waals surface area (Å²) in [5, 5.41) is 0. The Balaban J connectivity index is 1.89. The fourth-order valence-corrected chi connectivity index (χ4v) is 5.02. The van der Waals surface area contributed by atoms with E-state index in [0.29, 0.717) is 0 Å². The minimum absolute atomic E-state index is 0.923. The van der Waals surface area contributed by atoms with Crippen molar-refractivity contribution in [2.45, 2.75) is 55.4 Å². The van der Waals surface area contributed by atoms with Gasteiger partial charge in [-0.25, -0.2) is 9.97 Å². The van der Waals surface area contributed by atoms with Crippen molar-refractivity contribution in [1.29, 1.82) is 0 Å². The van der Waals surface area contributed by atoms with Crippen molar-refractivity contribution in [2.24, 2.45) is 0 Å². The number of aryl methyl sites for hydroxylation is 8. The van der Waals surface area contributed by atoms with Crippen LogP contribution in [0.5, 0.6) is 0 Å². The van der Waals surface area contributed by atoms with Gasteiger partial charge in [0.25, 0.3) is 0 Å². The maximum atomic E-state index is 5.10. The first-order chi connectivity index (χ1) is 15.1. The second kappa shape index (κ2) is 8.35. The highest BCUT2D eigenvalue weighted by Crippen LogP contribution is 2.32. The Morgan fingerprint density at radius 3 is 0.906 bits per heavy atom. The van der Waals surface area contributed by atoms with Crippen LogP contribution in [0.15, 0.2) is 48.5 Å². The number of nitrogens with zero attached hydrogens (tertiary/aromatic N) is 2. The predicted molar refractivity (Wildman–Crippen MR) is 136 cm³/mol. The number of hydrogen-bond acceptors (Lipinski definition) is 2. The van der Waals surface area contributed by atoms with Crippen LogP contribution in [0.25, 0.3) is 33.9 Å². The molecule has 0 bridgehead atoms. The number of benzene rings is 2. The number of hydrogen-bond donors (Lipinski definition) is 0. The molecular formula is C30H32N2. The van der Waals surface area contributed by atoms with Crippen molar-refractivity contribution in [1.82, 2.24) is 9.97 Å². The van der Waals surface area contributed by atoms with E-state index >= 15 is 0 Å². The van der Waals surface area contributed by atoms with Gasteiger partial charge in [-0.1, -0.05) is 35.4 Å². The molecule has 0 saturated carbocycles. The molecule has 0 aliphatic heterocycles. The molecule has 0 saturated heterocycles. The molecule has 0 fully saturated rings. The molecule has 2 nitrogen and oxygen atoms in total. The topological polar surface area (TPSA) is 25.8 Å². The van der Waals surface area contributed by atoms with E-state index in [0.717, 1.165) is 22.8 Å². The van der Waals surface area contributed by atoms with Crippen LogP contribution >= 0.6 is 0 Å². The molecule has 2 aromatic heterocycles. The molecule has 2 aromatic carbocycles. The van der Waals surface area contributed by atoms with Crippen LogP contribution in [0.1, 0.15) is 44.5 Å². The zero-order chi connectivity index (χ0) is 23.2. The second-order valence-corrected chi connectivity index (χ2v) is 9.38. The maximum absolute atomic E-state index is 5.10. The molecular weight excluding hydrogens is 388 g/mol. The lowest BCUT2D eigenvalue weighted by atomic mass is 9.95. The normalized spacial score (nSPS) is 11.1. The highest BCUT2D eigenvalue weighted by Gasteiger charge is 2.14. The zero-order valence-electron chi connectivity index (χ0n) is 20.5. The van der Waals surface area contributed by atoms with E-state index in [1.54, 1.807) is 0 Å². The molecule has 4 rings (SSSR count). The first kappa shape index (κ1) is 22.0. The van der Waals surface area contributed by atoms with Crippen molar-refractivity contribution in [2.75, 3.05) is 0 Å². The van der Waals surface area contributed by atoms with Gasteiger partial charge in [0.2, 0.25) is 0 Å². The molecule has 4 aromatic rings. The van der Waals surface area contributed by atoms with Gasteiger partial charge >= 0.3 is 0 Å². The Morgan fingerprint density at radius 1 is 0.344 bits per heavy atom. The third kappa shape index (κ3) is 4.23. The molecule has 2 heteroatoms. The van der Waals surface area contributed by atoms with E-state index in [9.17, 15) is 0 Å². The summed E-state index contributed by atoms with van der Waals surface area (Å²) in [5.41, 5.74) is 16.3. The molecule has 2 heterocycles. The Morgan fingerprint density at radius 2 is 0.594 bits per heavy atom. The smallest absolute Gasteiger partial charge is 0.0896 e. The molecule has 0 radical (unpaired) electrons. The standard InChI is InChI=1S/C30H32N2/c1-17-9-21(5)29(22(6)10-17)27-15-19(3)13-25(31-27)26-14-20(4)16-28(32-26)30-23(7)11-18(2)12-24(30)8/h9-16H,1-8H3. The molecule has 0 unspecified atom stereocenters. The molecule has 0 spiro atoms. The summed E-state index contributed by atoms with van der Waals surface area (Å²) < 4.78 is 0. The van der Waals surface area contributed by atoms with E-state index < -0.39 is 0 Å². The van der Waals surface area contributed by atoms with E-state index in [1.807, 2.05) is 0 Å². The quantitative estimate of drug-likeness (QED) is 0.336. The summed E-state index contributed by atoms with van der Waals surface area (Å²) in [7, 11) is 0. The molecule has 0 aliphatic rings. The first-order valence-corrected chi connectivity index (χ1v) is 11.3. The predicted octanol–water partition coefficient (Wildman–Crippen LogP) is 7.94. The molecule has 0 aliphatic carbocycles. The van der Waals surface area contributed by atoms with Crippen molar-refractivity contribution >= 4 is 0 Å². The fourth-order valence-electron chi connectivity index (χ4n) is 5.02. The van der Waals surface area contributed by atoms with Gasteiger partial charge in [-0.05, 0) is 113 Å². The molecule has 32 heavy (non-hydrogen) atoms. The third-order valence-corrected chi connectivity index (χ3v) is 6.07. The molecule has 0 N–H and O–H groups in total. The van der Waals surface area contributed by atoms with Gasteiger partial charge < -0.3 is 0 Å². The number of rotatable bonds is 3. The monoisotopic (exact) mass is 420 g/mol. The van der Waals surface area contributed by atoms with Gasteiger partial charge in [-0.3, -0.25) is 0 Å². The number of aromatic nitrogens is 2. The summed E-state index contributed by atoms with van der Waals surface area (Å²) in [6, 6.07) is 17.6. The minimum atomic E-state index is 0.923. The van der Waals surface area contributed by atoms with Gasteiger partial charge in [-0.15, -0.1) is 0 Å². The molecule has 162 valence electrons. The van der Waals surface area contributed by atoms with Crippen LogP contribution in [0.2, 0.25) is 0 Å². The highest BCUT2D eigenvalue weighted by atomic mass is 14.8. The Kier molecular flexibility index (Phi) is 5.73. The summed E-state index contributed by atoms with van der Waals surface area (Å²) in [6.45, 7) is 17.3. The SMILES string of the molecule is Cc1cc(-c2cc(C)cc(-c3c(C)cc(C)cc3C)n2)nc(-c2c(C)cc(C)cc2C)c1. The van der Waals surface area contributed by atoms with Crippen molar-refractivity contribution in [3.8, 4) is 33.9 Å². The molecule has 0 amide bonds. The van der Waals surface area contributed by atoms with Crippen LogP contribution in [0.3, 0.4) is 0 Å². The maximum Gasteiger partial charge on any atom is 0.0896 e. The number of pyridine rings is 2. The van der Waals surface area contributed by atoms with Gasteiger partial charge in [-0.2, -0.15) is 0 Å². The van der Waals surface area contributed by atoms with Crippen LogP contribution in [-0.4, -0.2) is 9.97 Å². The Hall–Kier alpha value is -3.26. The van der Waals surface area contributed by atoms with Crippen molar-refractivity contribution in [3.05, 3.63) is 93.0 Å². The summed E-state index contributed by atoms with van der Waals surface area (Å²) in [4.78, 5) is 10.2. The van der Waals surface area contributed by atoms with Crippen LogP contribution < -0.4 is 0 Å². The Bertz CT molecular complexity index is 1190. The summed E-state index contributed by atoms with van der Waals surface area (Å²) in [5.74, 6) is 0. The van der Waals surface area contributed by atoms with Crippen LogP contribution in [0, 0.1) is 55.4 Å². The van der Waals surface area contributed by atoms with Crippen molar-refractivity contribution < 1.29 is 0 Å². The lowest BCUT2D eigenvalue weighted by molar-refractivity contribution is 1.19. The summed E-state index contributed by atoms with van der Waals surface area (Å²) >= 11 is 0. The van der Waals surface area contributed by atoms with Gasteiger partial charge in [0.15, 0.2) is 0 Å².